The predicted molar refractivity (Wildman–Crippen MR) is 77.4 cm³/mol. The van der Waals surface area contributed by atoms with Crippen molar-refractivity contribution in [3.63, 3.8) is 0 Å². The molecule has 0 saturated carbocycles. The minimum Gasteiger partial charge on any atom is -0.342 e. The Bertz CT molecular complexity index is 334. The molecule has 2 saturated heterocycles. The minimum absolute atomic E-state index is 0.213. The van der Waals surface area contributed by atoms with Crippen LogP contribution in [-0.2, 0) is 9.59 Å². The van der Waals surface area contributed by atoms with Crippen LogP contribution in [0.4, 0.5) is 0 Å². The van der Waals surface area contributed by atoms with Crippen molar-refractivity contribution in [1.29, 1.82) is 0 Å². The first-order valence-electron chi connectivity index (χ1n) is 7.63. The first kappa shape index (κ1) is 15.3. The molecule has 0 spiro atoms. The lowest BCUT2D eigenvalue weighted by molar-refractivity contribution is -0.134. The second-order valence-corrected chi connectivity index (χ2v) is 5.60. The largest absolute Gasteiger partial charge is 0.342 e. The molecule has 0 aromatic heterocycles. The van der Waals surface area contributed by atoms with Crippen LogP contribution in [0.15, 0.2) is 0 Å². The topological polar surface area (TPSA) is 55.9 Å². The van der Waals surface area contributed by atoms with E-state index in [0.717, 1.165) is 58.7 Å². The number of hydrogen-bond acceptors (Lipinski definition) is 4. The van der Waals surface area contributed by atoms with E-state index in [1.54, 1.807) is 0 Å². The average Bonchev–Trinajstić information content (AvgIpc) is 3.00. The molecule has 6 nitrogen and oxygen atoms in total. The highest BCUT2D eigenvalue weighted by Gasteiger charge is 2.24. The number of piperazine rings is 1. The summed E-state index contributed by atoms with van der Waals surface area (Å²) in [5, 5.41) is 3.00. The summed E-state index contributed by atoms with van der Waals surface area (Å²) in [6.45, 7) is 6.19. The van der Waals surface area contributed by atoms with E-state index >= 15 is 0 Å². The predicted octanol–water partition coefficient (Wildman–Crippen LogP) is -0.637. The molecule has 0 aliphatic carbocycles. The monoisotopic (exact) mass is 282 g/mol. The van der Waals surface area contributed by atoms with Gasteiger partial charge in [-0.1, -0.05) is 0 Å². The molecule has 0 radical (unpaired) electrons. The maximum Gasteiger partial charge on any atom is 0.236 e. The molecule has 0 unspecified atom stereocenters. The fourth-order valence-corrected chi connectivity index (χ4v) is 2.80. The first-order valence-corrected chi connectivity index (χ1v) is 7.63. The van der Waals surface area contributed by atoms with Crippen molar-refractivity contribution >= 4 is 11.8 Å². The van der Waals surface area contributed by atoms with E-state index in [1.165, 1.54) is 0 Å². The van der Waals surface area contributed by atoms with Gasteiger partial charge in [0.05, 0.1) is 6.54 Å². The lowest BCUT2D eigenvalue weighted by atomic mass is 10.2. The zero-order valence-electron chi connectivity index (χ0n) is 12.4. The van der Waals surface area contributed by atoms with Gasteiger partial charge in [0.1, 0.15) is 0 Å². The smallest absolute Gasteiger partial charge is 0.236 e. The van der Waals surface area contributed by atoms with Gasteiger partial charge in [-0.25, -0.2) is 0 Å². The van der Waals surface area contributed by atoms with E-state index in [1.807, 2.05) is 16.8 Å². The van der Waals surface area contributed by atoms with Crippen LogP contribution in [0.3, 0.4) is 0 Å². The van der Waals surface area contributed by atoms with Gasteiger partial charge in [-0.2, -0.15) is 0 Å². The highest BCUT2D eigenvalue weighted by Crippen LogP contribution is 2.09. The molecule has 0 aromatic carbocycles. The lowest BCUT2D eigenvalue weighted by Gasteiger charge is -2.35. The second kappa shape index (κ2) is 7.59. The van der Waals surface area contributed by atoms with Crippen LogP contribution >= 0.6 is 0 Å². The van der Waals surface area contributed by atoms with E-state index in [2.05, 4.69) is 10.2 Å². The van der Waals surface area contributed by atoms with Crippen molar-refractivity contribution in [2.75, 3.05) is 59.4 Å². The number of carbonyl (C=O) groups excluding carboxylic acids is 2. The van der Waals surface area contributed by atoms with Crippen molar-refractivity contribution in [2.24, 2.45) is 0 Å². The van der Waals surface area contributed by atoms with Crippen LogP contribution in [0.2, 0.25) is 0 Å². The standard InChI is InChI=1S/C14H26N4O2/c1-15-5-4-13(19)18-10-8-16(9-11-18)12-14(20)17-6-2-3-7-17/h15H,2-12H2,1H3. The number of nitrogens with zero attached hydrogens (tertiary/aromatic N) is 3. The van der Waals surface area contributed by atoms with E-state index in [4.69, 9.17) is 0 Å². The molecule has 2 rings (SSSR count). The third kappa shape index (κ3) is 4.18. The average molecular weight is 282 g/mol. The molecule has 2 aliphatic heterocycles. The van der Waals surface area contributed by atoms with E-state index in [-0.39, 0.29) is 11.8 Å². The molecular weight excluding hydrogens is 256 g/mol. The van der Waals surface area contributed by atoms with Gasteiger partial charge in [0.25, 0.3) is 0 Å². The van der Waals surface area contributed by atoms with Crippen molar-refractivity contribution in [3.8, 4) is 0 Å². The zero-order valence-corrected chi connectivity index (χ0v) is 12.4. The van der Waals surface area contributed by atoms with Crippen LogP contribution in [0, 0.1) is 0 Å². The Hall–Kier alpha value is -1.14. The first-order chi connectivity index (χ1) is 9.70. The molecule has 2 aliphatic rings. The Kier molecular flexibility index (Phi) is 5.79. The van der Waals surface area contributed by atoms with Crippen molar-refractivity contribution < 1.29 is 9.59 Å². The summed E-state index contributed by atoms with van der Waals surface area (Å²) in [6, 6.07) is 0. The fourth-order valence-electron chi connectivity index (χ4n) is 2.80. The Morgan fingerprint density at radius 3 is 2.10 bits per heavy atom. The number of likely N-dealkylation sites (tertiary alicyclic amines) is 1. The molecule has 0 aromatic rings. The van der Waals surface area contributed by atoms with E-state index in [0.29, 0.717) is 13.0 Å². The maximum atomic E-state index is 12.1. The molecule has 0 bridgehead atoms. The summed E-state index contributed by atoms with van der Waals surface area (Å²) in [5.41, 5.74) is 0. The summed E-state index contributed by atoms with van der Waals surface area (Å²) < 4.78 is 0. The van der Waals surface area contributed by atoms with Crippen LogP contribution in [0.5, 0.6) is 0 Å². The summed E-state index contributed by atoms with van der Waals surface area (Å²) in [7, 11) is 1.86. The molecule has 2 fully saturated rings. The summed E-state index contributed by atoms with van der Waals surface area (Å²) in [4.78, 5) is 30.0. The summed E-state index contributed by atoms with van der Waals surface area (Å²) in [6.07, 6.45) is 2.84. The van der Waals surface area contributed by atoms with Crippen LogP contribution < -0.4 is 5.32 Å². The minimum atomic E-state index is 0.213. The Morgan fingerprint density at radius 1 is 0.900 bits per heavy atom. The number of hydrogen-bond donors (Lipinski definition) is 1. The third-order valence-electron chi connectivity index (χ3n) is 4.13. The number of rotatable bonds is 5. The quantitative estimate of drug-likeness (QED) is 0.729. The molecule has 6 heteroatoms. The summed E-state index contributed by atoms with van der Waals surface area (Å²) >= 11 is 0. The van der Waals surface area contributed by atoms with Crippen LogP contribution in [-0.4, -0.2) is 85.9 Å². The molecule has 0 atom stereocenters. The Labute approximate surface area is 121 Å². The van der Waals surface area contributed by atoms with Gasteiger partial charge in [-0.3, -0.25) is 14.5 Å². The molecule has 2 heterocycles. The molecule has 20 heavy (non-hydrogen) atoms. The van der Waals surface area contributed by atoms with Crippen molar-refractivity contribution in [3.05, 3.63) is 0 Å². The van der Waals surface area contributed by atoms with Gasteiger partial charge >= 0.3 is 0 Å². The van der Waals surface area contributed by atoms with Gasteiger partial charge < -0.3 is 15.1 Å². The molecule has 114 valence electrons. The van der Waals surface area contributed by atoms with Gasteiger partial charge in [0, 0.05) is 52.2 Å². The molecule has 1 N–H and O–H groups in total. The lowest BCUT2D eigenvalue weighted by Crippen LogP contribution is -2.51. The third-order valence-corrected chi connectivity index (χ3v) is 4.13. The number of amides is 2. The zero-order chi connectivity index (χ0) is 14.4. The second-order valence-electron chi connectivity index (χ2n) is 5.60. The SMILES string of the molecule is CNCCC(=O)N1CCN(CC(=O)N2CCCC2)CC1. The van der Waals surface area contributed by atoms with Crippen molar-refractivity contribution in [1.82, 2.24) is 20.0 Å². The number of carbonyl (C=O) groups is 2. The summed E-state index contributed by atoms with van der Waals surface area (Å²) in [5.74, 6) is 0.460. The normalized spacial score (nSPS) is 20.4. The highest BCUT2D eigenvalue weighted by atomic mass is 16.2. The van der Waals surface area contributed by atoms with Gasteiger partial charge in [-0.05, 0) is 19.9 Å². The van der Waals surface area contributed by atoms with Crippen LogP contribution in [0.25, 0.3) is 0 Å². The molecular formula is C14H26N4O2. The Morgan fingerprint density at radius 2 is 1.50 bits per heavy atom. The van der Waals surface area contributed by atoms with Gasteiger partial charge in [-0.15, -0.1) is 0 Å². The maximum absolute atomic E-state index is 12.1. The fraction of sp³-hybridized carbons (Fsp3) is 0.857. The van der Waals surface area contributed by atoms with Gasteiger partial charge in [0.2, 0.25) is 11.8 Å². The van der Waals surface area contributed by atoms with E-state index in [9.17, 15) is 9.59 Å². The molecule has 2 amide bonds. The van der Waals surface area contributed by atoms with Crippen LogP contribution in [0.1, 0.15) is 19.3 Å². The van der Waals surface area contributed by atoms with Crippen molar-refractivity contribution in [2.45, 2.75) is 19.3 Å². The highest BCUT2D eigenvalue weighted by molar-refractivity contribution is 5.79. The number of nitrogens with one attached hydrogen (secondary N) is 1. The van der Waals surface area contributed by atoms with E-state index < -0.39 is 0 Å². The Balaban J connectivity index is 1.68. The van der Waals surface area contributed by atoms with Gasteiger partial charge in [0.15, 0.2) is 0 Å².